The minimum atomic E-state index is -3.43. The van der Waals surface area contributed by atoms with E-state index in [1.807, 2.05) is 86.0 Å². The summed E-state index contributed by atoms with van der Waals surface area (Å²) < 4.78 is 61.2. The summed E-state index contributed by atoms with van der Waals surface area (Å²) in [6.07, 6.45) is 22.5. The Morgan fingerprint density at radius 2 is 0.644 bits per heavy atom. The van der Waals surface area contributed by atoms with Gasteiger partial charge >= 0.3 is 0 Å². The highest BCUT2D eigenvalue weighted by Gasteiger charge is 2.21. The molecule has 0 radical (unpaired) electrons. The maximum absolute atomic E-state index is 11.8. The van der Waals surface area contributed by atoms with E-state index in [4.69, 9.17) is 62.8 Å². The van der Waals surface area contributed by atoms with Crippen molar-refractivity contribution < 1.29 is 36.8 Å². The lowest BCUT2D eigenvalue weighted by Gasteiger charge is -2.15. The quantitative estimate of drug-likeness (QED) is 0.0351. The first kappa shape index (κ1) is 91.5. The molecular formula is C82H105N25O10S. The molecule has 0 aromatic carbocycles. The largest absolute Gasteiger partial charge is 0.451 e. The Bertz CT molecular complexity index is 5580. The first-order chi connectivity index (χ1) is 55.5. The molecule has 118 heavy (non-hydrogen) atoms. The van der Waals surface area contributed by atoms with E-state index in [-0.39, 0.29) is 52.1 Å². The number of hydrogen-bond acceptors (Lipinski definition) is 32. The van der Waals surface area contributed by atoms with Crippen LogP contribution >= 0.6 is 0 Å². The third-order valence-electron chi connectivity index (χ3n) is 16.7. The monoisotopic (exact) mass is 1630 g/mol. The van der Waals surface area contributed by atoms with Gasteiger partial charge in [-0.15, -0.1) is 0 Å². The lowest BCUT2D eigenvalue weighted by atomic mass is 10.0. The van der Waals surface area contributed by atoms with E-state index in [0.717, 1.165) is 68.3 Å². The SMILES string of the molecule is Cc1cc(Oc2cnc(C)nc2N)c(C(C)C)cn1.Cc1cc(Oc2cnc(C)nc2N)c(C(C)C)cn1.Cc1ncc(Oc2cc(=O)[nH]cc2C(C)C)c(N)n1.Cc1ncc(Oc2cc(=O)n(C)cc2C(C)C)c(N)n1.Cc1ncc(Oc2cc(NS(C)(=O)=O)ncc2C(C)C)c(N)n1.Cc1ncc(Oc2ccncc2C(C)C)c(N)n1. The van der Waals surface area contributed by atoms with E-state index in [2.05, 4.69) is 131 Å². The average Bonchev–Trinajstić information content (AvgIpc) is 0.834. The van der Waals surface area contributed by atoms with Crippen LogP contribution in [0.2, 0.25) is 0 Å². The molecule has 0 aliphatic heterocycles. The first-order valence-electron chi connectivity index (χ1n) is 37.4. The predicted molar refractivity (Wildman–Crippen MR) is 456 cm³/mol. The fraction of sp³-hybridized carbons (Fsp3) is 0.341. The molecular weight excluding hydrogens is 1530 g/mol. The van der Waals surface area contributed by atoms with Gasteiger partial charge in [-0.3, -0.25) is 29.3 Å². The van der Waals surface area contributed by atoms with Crippen molar-refractivity contribution in [1.29, 1.82) is 0 Å². The van der Waals surface area contributed by atoms with Gasteiger partial charge in [-0.1, -0.05) is 83.1 Å². The van der Waals surface area contributed by atoms with Crippen LogP contribution in [0.1, 0.15) is 198 Å². The van der Waals surface area contributed by atoms with Crippen LogP contribution in [0.15, 0.2) is 127 Å². The van der Waals surface area contributed by atoms with Gasteiger partial charge < -0.3 is 72.4 Å². The average molecular weight is 1630 g/mol. The number of rotatable bonds is 20. The lowest BCUT2D eigenvalue weighted by molar-refractivity contribution is 0.466. The van der Waals surface area contributed by atoms with Crippen LogP contribution in [-0.2, 0) is 17.1 Å². The number of nitrogens with zero attached hydrogens (tertiary/aromatic N) is 17. The number of aromatic nitrogens is 18. The zero-order chi connectivity index (χ0) is 87.2. The van der Waals surface area contributed by atoms with Gasteiger partial charge in [0.2, 0.25) is 10.0 Å². The van der Waals surface area contributed by atoms with Crippen LogP contribution in [0.5, 0.6) is 69.0 Å². The number of nitrogens with two attached hydrogens (primary N) is 6. The van der Waals surface area contributed by atoms with E-state index in [1.165, 1.54) is 41.4 Å². The maximum Gasteiger partial charge on any atom is 0.254 e. The smallest absolute Gasteiger partial charge is 0.254 e. The number of nitrogen functional groups attached to an aromatic ring is 6. The molecule has 14 N–H and O–H groups in total. The number of hydrogen-bond donors (Lipinski definition) is 8. The highest BCUT2D eigenvalue weighted by molar-refractivity contribution is 7.92. The van der Waals surface area contributed by atoms with Crippen LogP contribution in [0.4, 0.5) is 40.7 Å². The number of sulfonamides is 1. The normalized spacial score (nSPS) is 10.9. The Labute approximate surface area is 686 Å². The third kappa shape index (κ3) is 27.3. The molecule has 35 nitrogen and oxygen atoms in total. The van der Waals surface area contributed by atoms with E-state index in [9.17, 15) is 18.0 Å². The van der Waals surface area contributed by atoms with Crippen molar-refractivity contribution in [3.63, 3.8) is 0 Å². The molecule has 0 bridgehead atoms. The molecule has 12 aromatic heterocycles. The van der Waals surface area contributed by atoms with Gasteiger partial charge in [-0.05, 0) is 97.0 Å². The van der Waals surface area contributed by atoms with Gasteiger partial charge in [0, 0.05) is 126 Å². The van der Waals surface area contributed by atoms with Crippen molar-refractivity contribution in [2.24, 2.45) is 7.05 Å². The molecule has 0 atom stereocenters. The molecule has 0 fully saturated rings. The molecule has 0 unspecified atom stereocenters. The highest BCUT2D eigenvalue weighted by Crippen LogP contribution is 2.39. The van der Waals surface area contributed by atoms with Crippen molar-refractivity contribution in [3.8, 4) is 69.0 Å². The minimum Gasteiger partial charge on any atom is -0.451 e. The number of pyridine rings is 6. The fourth-order valence-electron chi connectivity index (χ4n) is 10.5. The lowest BCUT2D eigenvalue weighted by Crippen LogP contribution is -2.17. The van der Waals surface area contributed by atoms with Crippen LogP contribution in [0.25, 0.3) is 0 Å². The van der Waals surface area contributed by atoms with Gasteiger partial charge in [0.25, 0.3) is 11.1 Å². The van der Waals surface area contributed by atoms with Crippen LogP contribution in [0, 0.1) is 55.4 Å². The molecule has 624 valence electrons. The van der Waals surface area contributed by atoms with Crippen LogP contribution < -0.4 is 78.7 Å². The van der Waals surface area contributed by atoms with Crippen molar-refractivity contribution >= 4 is 50.7 Å². The number of nitrogens with one attached hydrogen (secondary N) is 2. The van der Waals surface area contributed by atoms with Gasteiger partial charge in [0.15, 0.2) is 69.4 Å². The molecule has 0 aliphatic carbocycles. The second-order valence-electron chi connectivity index (χ2n) is 28.8. The molecule has 12 aromatic rings. The Morgan fingerprint density at radius 1 is 0.356 bits per heavy atom. The summed E-state index contributed by atoms with van der Waals surface area (Å²) in [6.45, 7) is 39.0. The summed E-state index contributed by atoms with van der Waals surface area (Å²) >= 11 is 0. The topological polar surface area (TPSA) is 519 Å². The standard InChI is InChI=1S/C14H19N5O3S.C14H18N4O2.2C14H18N4O.C13H16N4O2.C13H16N4O/c1-8(2)10-6-17-13(19-23(4,20)21)5-11(10)22-12-7-16-9(3)18-14(12)15;1-8(2)10-7-18(4)13(19)5-11(10)20-12-6-16-9(3)17-14(12)15;2*1-8(2)11-6-16-9(3)5-12(11)19-13-7-17-10(4)18-14(13)15;1-7(2)9-5-16-12(18)4-10(9)19-11-6-15-8(3)17-13(11)14;1-8(2)10-6-15-5-4-11(10)18-12-7-16-9(3)17-13(12)14/h5-8H,1-4H3,(H,17,19)(H2,15,16,18);5-8H,1-4H3,(H2,15,16,17);2*5-8H,1-4H3,(H2,15,17,18);4-7H,1-3H3,(H,16,18)(H2,14,15,17);4-8H,1-3H3,(H2,14,16,17). The number of aromatic amines is 1. The zero-order valence-corrected chi connectivity index (χ0v) is 71.3. The maximum atomic E-state index is 11.8. The molecule has 0 saturated heterocycles. The molecule has 0 spiro atoms. The predicted octanol–water partition coefficient (Wildman–Crippen LogP) is 14.7. The Kier molecular flexibility index (Phi) is 32.2. The Morgan fingerprint density at radius 3 is 0.958 bits per heavy atom. The van der Waals surface area contributed by atoms with Gasteiger partial charge in [-0.2, -0.15) is 0 Å². The number of ether oxygens (including phenoxy) is 6. The zero-order valence-electron chi connectivity index (χ0n) is 70.5. The summed E-state index contributed by atoms with van der Waals surface area (Å²) in [5.41, 5.74) is 42.0. The molecule has 0 aliphatic rings. The molecule has 0 amide bonds. The third-order valence-corrected chi connectivity index (χ3v) is 17.2. The number of aryl methyl sites for hydroxylation is 9. The molecule has 12 heterocycles. The van der Waals surface area contributed by atoms with Crippen LogP contribution in [0.3, 0.4) is 0 Å². The van der Waals surface area contributed by atoms with E-state index >= 15 is 0 Å². The number of H-pyrrole nitrogens is 1. The van der Waals surface area contributed by atoms with Crippen molar-refractivity contribution in [2.45, 2.75) is 174 Å². The second kappa shape index (κ2) is 41.6. The highest BCUT2D eigenvalue weighted by atomic mass is 32.2. The van der Waals surface area contributed by atoms with Crippen molar-refractivity contribution in [2.75, 3.05) is 45.4 Å². The minimum absolute atomic E-state index is 0.123. The van der Waals surface area contributed by atoms with E-state index < -0.39 is 10.0 Å². The van der Waals surface area contributed by atoms with E-state index in [1.54, 1.807) is 98.2 Å². The van der Waals surface area contributed by atoms with Gasteiger partial charge in [-0.25, -0.2) is 73.2 Å². The summed E-state index contributed by atoms with van der Waals surface area (Å²) in [7, 11) is -1.72. The molecule has 36 heteroatoms. The number of anilines is 7. The summed E-state index contributed by atoms with van der Waals surface area (Å²) in [5, 5.41) is 0. The van der Waals surface area contributed by atoms with Crippen molar-refractivity contribution in [3.05, 3.63) is 217 Å². The van der Waals surface area contributed by atoms with Gasteiger partial charge in [0.05, 0.1) is 43.4 Å². The second-order valence-corrected chi connectivity index (χ2v) is 30.6. The fourth-order valence-corrected chi connectivity index (χ4v) is 11.0. The van der Waals surface area contributed by atoms with Gasteiger partial charge in [0.1, 0.15) is 75.3 Å². The van der Waals surface area contributed by atoms with E-state index in [0.29, 0.717) is 122 Å². The summed E-state index contributed by atoms with van der Waals surface area (Å²) in [6, 6.07) is 9.97. The summed E-state index contributed by atoms with van der Waals surface area (Å²) in [4.78, 5) is 91.4. The van der Waals surface area contributed by atoms with Crippen molar-refractivity contribution in [1.82, 2.24) is 89.3 Å². The Hall–Kier alpha value is -13.7. The first-order valence-corrected chi connectivity index (χ1v) is 39.3. The summed E-state index contributed by atoms with van der Waals surface area (Å²) in [5.74, 6) is 13.0. The molecule has 12 rings (SSSR count). The Balaban J connectivity index is 0.000000196. The van der Waals surface area contributed by atoms with Crippen LogP contribution in [-0.4, -0.2) is 104 Å². The molecule has 0 saturated carbocycles.